The molecule has 0 saturated heterocycles. The fourth-order valence-electron chi connectivity index (χ4n) is 3.63. The van der Waals surface area contributed by atoms with Gasteiger partial charge >= 0.3 is 0 Å². The van der Waals surface area contributed by atoms with Crippen LogP contribution in [0.15, 0.2) is 23.0 Å². The lowest BCUT2D eigenvalue weighted by atomic mass is 9.89. The molecule has 2 unspecified atom stereocenters. The van der Waals surface area contributed by atoms with Crippen LogP contribution in [0.1, 0.15) is 36.8 Å². The SMILES string of the molecule is COc1ccc(NC(=O)C(C)n2nnc3sc4c(c3c2=O)CCC(C)C4)cc1Cl. The van der Waals surface area contributed by atoms with E-state index in [0.717, 1.165) is 29.5 Å². The fourth-order valence-corrected chi connectivity index (χ4v) is 5.20. The first-order valence-corrected chi connectivity index (χ1v) is 10.6. The lowest BCUT2D eigenvalue weighted by Gasteiger charge is -2.18. The maximum absolute atomic E-state index is 13.1. The van der Waals surface area contributed by atoms with E-state index in [1.165, 1.54) is 12.0 Å². The molecule has 1 aliphatic rings. The van der Waals surface area contributed by atoms with Crippen LogP contribution in [0, 0.1) is 5.92 Å². The molecule has 0 saturated carbocycles. The van der Waals surface area contributed by atoms with Crippen LogP contribution in [0.25, 0.3) is 10.2 Å². The second-order valence-corrected chi connectivity index (χ2v) is 8.88. The van der Waals surface area contributed by atoms with Crippen LogP contribution < -0.4 is 15.6 Å². The number of nitrogens with one attached hydrogen (secondary N) is 1. The molecule has 1 amide bonds. The van der Waals surface area contributed by atoms with Crippen LogP contribution in [0.5, 0.6) is 5.75 Å². The van der Waals surface area contributed by atoms with E-state index in [1.54, 1.807) is 36.5 Å². The normalized spacial score (nSPS) is 17.0. The lowest BCUT2D eigenvalue weighted by Crippen LogP contribution is -2.34. The van der Waals surface area contributed by atoms with E-state index < -0.39 is 6.04 Å². The Labute approximate surface area is 176 Å². The molecule has 0 bridgehead atoms. The van der Waals surface area contributed by atoms with Crippen molar-refractivity contribution in [2.45, 2.75) is 39.2 Å². The topological polar surface area (TPSA) is 86.1 Å². The highest BCUT2D eigenvalue weighted by molar-refractivity contribution is 7.18. The van der Waals surface area contributed by atoms with Crippen molar-refractivity contribution in [1.82, 2.24) is 15.0 Å². The fraction of sp³-hybridized carbons (Fsp3) is 0.400. The monoisotopic (exact) mass is 432 g/mol. The van der Waals surface area contributed by atoms with E-state index in [0.29, 0.717) is 32.6 Å². The van der Waals surface area contributed by atoms with Crippen molar-refractivity contribution in [2.24, 2.45) is 5.92 Å². The van der Waals surface area contributed by atoms with Gasteiger partial charge in [-0.05, 0) is 55.9 Å². The zero-order chi connectivity index (χ0) is 20.7. The highest BCUT2D eigenvalue weighted by Crippen LogP contribution is 2.35. The maximum atomic E-state index is 13.1. The average molecular weight is 433 g/mol. The first kappa shape index (κ1) is 19.8. The molecule has 29 heavy (non-hydrogen) atoms. The Bertz CT molecular complexity index is 1160. The number of hydrogen-bond acceptors (Lipinski definition) is 6. The number of thiophene rings is 1. The highest BCUT2D eigenvalue weighted by Gasteiger charge is 2.26. The molecule has 0 radical (unpaired) electrons. The largest absolute Gasteiger partial charge is 0.495 e. The Morgan fingerprint density at radius 2 is 2.24 bits per heavy atom. The summed E-state index contributed by atoms with van der Waals surface area (Å²) in [7, 11) is 1.52. The van der Waals surface area contributed by atoms with Crippen molar-refractivity contribution >= 4 is 44.7 Å². The number of aryl methyl sites for hydroxylation is 1. The van der Waals surface area contributed by atoms with Crippen LogP contribution in [-0.4, -0.2) is 28.0 Å². The molecule has 2 atom stereocenters. The number of ether oxygens (including phenoxy) is 1. The molecule has 3 aromatic rings. The van der Waals surface area contributed by atoms with Gasteiger partial charge < -0.3 is 10.1 Å². The number of rotatable bonds is 4. The highest BCUT2D eigenvalue weighted by atomic mass is 35.5. The van der Waals surface area contributed by atoms with Crippen LogP contribution in [0.2, 0.25) is 5.02 Å². The number of carbonyl (C=O) groups is 1. The first-order valence-electron chi connectivity index (χ1n) is 9.43. The predicted octanol–water partition coefficient (Wildman–Crippen LogP) is 3.84. The second-order valence-electron chi connectivity index (χ2n) is 7.39. The van der Waals surface area contributed by atoms with E-state index >= 15 is 0 Å². The van der Waals surface area contributed by atoms with E-state index in [9.17, 15) is 9.59 Å². The Kier molecular flexibility index (Phi) is 5.31. The number of hydrogen-bond donors (Lipinski definition) is 1. The van der Waals surface area contributed by atoms with Gasteiger partial charge in [-0.2, -0.15) is 4.68 Å². The molecule has 152 valence electrons. The number of fused-ring (bicyclic) bond motifs is 3. The second kappa shape index (κ2) is 7.76. The molecule has 2 aromatic heterocycles. The van der Waals surface area contributed by atoms with Gasteiger partial charge in [0.25, 0.3) is 5.56 Å². The standard InChI is InChI=1S/C20H21ClN4O3S/c1-10-4-6-13-16(8-10)29-19-17(13)20(27)25(24-23-19)11(2)18(26)22-12-5-7-15(28-3)14(21)9-12/h5,7,9-11H,4,6,8H2,1-3H3,(H,22,26). The minimum absolute atomic E-state index is 0.266. The van der Waals surface area contributed by atoms with Crippen molar-refractivity contribution < 1.29 is 9.53 Å². The maximum Gasteiger partial charge on any atom is 0.279 e. The Hall–Kier alpha value is -2.45. The summed E-state index contributed by atoms with van der Waals surface area (Å²) in [5, 5.41) is 12.0. The van der Waals surface area contributed by atoms with Crippen molar-refractivity contribution in [3.05, 3.63) is 44.0 Å². The Morgan fingerprint density at radius 1 is 1.45 bits per heavy atom. The van der Waals surface area contributed by atoms with Crippen LogP contribution in [0.4, 0.5) is 5.69 Å². The Morgan fingerprint density at radius 3 is 2.97 bits per heavy atom. The summed E-state index contributed by atoms with van der Waals surface area (Å²) in [6.07, 6.45) is 2.88. The van der Waals surface area contributed by atoms with Gasteiger partial charge in [-0.25, -0.2) is 0 Å². The minimum atomic E-state index is -0.821. The number of methoxy groups -OCH3 is 1. The zero-order valence-corrected chi connectivity index (χ0v) is 17.9. The van der Waals surface area contributed by atoms with Crippen molar-refractivity contribution in [3.63, 3.8) is 0 Å². The van der Waals surface area contributed by atoms with Gasteiger partial charge in [0, 0.05) is 10.6 Å². The number of nitrogens with zero attached hydrogens (tertiary/aromatic N) is 3. The van der Waals surface area contributed by atoms with Crippen molar-refractivity contribution in [1.29, 1.82) is 0 Å². The molecule has 0 fully saturated rings. The van der Waals surface area contributed by atoms with Crippen molar-refractivity contribution in [2.75, 3.05) is 12.4 Å². The average Bonchev–Trinajstić information content (AvgIpc) is 3.06. The third-order valence-corrected chi connectivity index (χ3v) is 6.75. The van der Waals surface area contributed by atoms with Gasteiger partial charge in [-0.3, -0.25) is 9.59 Å². The molecule has 9 heteroatoms. The van der Waals surface area contributed by atoms with Gasteiger partial charge in [0.15, 0.2) is 4.83 Å². The van der Waals surface area contributed by atoms with E-state index in [1.807, 2.05) is 0 Å². The summed E-state index contributed by atoms with van der Waals surface area (Å²) in [5.41, 5.74) is 1.32. The summed E-state index contributed by atoms with van der Waals surface area (Å²) in [4.78, 5) is 27.7. The third-order valence-electron chi connectivity index (χ3n) is 5.31. The molecule has 1 aromatic carbocycles. The molecule has 1 aliphatic carbocycles. The van der Waals surface area contributed by atoms with Crippen LogP contribution >= 0.6 is 22.9 Å². The molecule has 2 heterocycles. The lowest BCUT2D eigenvalue weighted by molar-refractivity contribution is -0.119. The minimum Gasteiger partial charge on any atom is -0.495 e. The molecule has 4 rings (SSSR count). The molecule has 1 N–H and O–H groups in total. The molecular formula is C20H21ClN4O3S. The zero-order valence-electron chi connectivity index (χ0n) is 16.4. The number of anilines is 1. The van der Waals surface area contributed by atoms with Crippen LogP contribution in [-0.2, 0) is 17.6 Å². The number of halogens is 1. The summed E-state index contributed by atoms with van der Waals surface area (Å²) in [5.74, 6) is 0.744. The summed E-state index contributed by atoms with van der Waals surface area (Å²) < 4.78 is 6.28. The third kappa shape index (κ3) is 3.62. The quantitative estimate of drug-likeness (QED) is 0.676. The molecule has 7 nitrogen and oxygen atoms in total. The summed E-state index contributed by atoms with van der Waals surface area (Å²) >= 11 is 7.65. The van der Waals surface area contributed by atoms with E-state index in [4.69, 9.17) is 16.3 Å². The summed E-state index contributed by atoms with van der Waals surface area (Å²) in [6, 6.07) is 4.13. The van der Waals surface area contributed by atoms with Gasteiger partial charge in [-0.1, -0.05) is 23.7 Å². The smallest absolute Gasteiger partial charge is 0.279 e. The first-order chi connectivity index (χ1) is 13.9. The molecule has 0 aliphatic heterocycles. The van der Waals surface area contributed by atoms with Gasteiger partial charge in [0.2, 0.25) is 5.91 Å². The van der Waals surface area contributed by atoms with Gasteiger partial charge in [0.1, 0.15) is 11.8 Å². The predicted molar refractivity (Wildman–Crippen MR) is 114 cm³/mol. The number of benzene rings is 1. The number of amides is 1. The number of aromatic nitrogens is 3. The number of carbonyl (C=O) groups excluding carboxylic acids is 1. The molecule has 0 spiro atoms. The summed E-state index contributed by atoms with van der Waals surface area (Å²) in [6.45, 7) is 3.85. The van der Waals surface area contributed by atoms with E-state index in [-0.39, 0.29) is 11.5 Å². The van der Waals surface area contributed by atoms with Crippen LogP contribution in [0.3, 0.4) is 0 Å². The van der Waals surface area contributed by atoms with Gasteiger partial charge in [-0.15, -0.1) is 16.4 Å². The Balaban J connectivity index is 1.63. The van der Waals surface area contributed by atoms with Crippen molar-refractivity contribution in [3.8, 4) is 5.75 Å². The van der Waals surface area contributed by atoms with E-state index in [2.05, 4.69) is 22.6 Å². The molecular weight excluding hydrogens is 412 g/mol. The van der Waals surface area contributed by atoms with Gasteiger partial charge in [0.05, 0.1) is 17.5 Å².